The third-order valence-corrected chi connectivity index (χ3v) is 4.26. The maximum Gasteiger partial charge on any atom is 0.126 e. The molecule has 1 N–H and O–H groups in total. The van der Waals surface area contributed by atoms with Crippen molar-refractivity contribution in [1.82, 2.24) is 0 Å². The molecule has 0 fully saturated rings. The van der Waals surface area contributed by atoms with E-state index < -0.39 is 0 Å². The van der Waals surface area contributed by atoms with E-state index in [-0.39, 0.29) is 5.75 Å². The summed E-state index contributed by atoms with van der Waals surface area (Å²) in [5, 5.41) is 10.5. The number of rotatable bonds is 7. The number of phenolic OH excluding ortho intramolecular Hbond substituents is 1. The predicted octanol–water partition coefficient (Wildman–Crippen LogP) is 6.30. The minimum atomic E-state index is 0.284. The molecule has 0 bridgehead atoms. The van der Waals surface area contributed by atoms with Gasteiger partial charge in [0.1, 0.15) is 11.5 Å². The Balaban J connectivity index is 2.19. The van der Waals surface area contributed by atoms with Gasteiger partial charge in [0.15, 0.2) is 0 Å². The highest BCUT2D eigenvalue weighted by molar-refractivity contribution is 5.69. The molecule has 0 heterocycles. The quantitative estimate of drug-likeness (QED) is 0.601. The molecule has 0 aromatic heterocycles. The molecule has 2 aromatic carbocycles. The number of hydrogen-bond donors (Lipinski definition) is 1. The molecular formula is C23H28O2. The molecule has 2 aromatic rings. The highest BCUT2D eigenvalue weighted by Gasteiger charge is 2.11. The van der Waals surface area contributed by atoms with Crippen molar-refractivity contribution < 1.29 is 9.84 Å². The Labute approximate surface area is 151 Å². The van der Waals surface area contributed by atoms with Crippen LogP contribution < -0.4 is 4.74 Å². The topological polar surface area (TPSA) is 29.5 Å². The Morgan fingerprint density at radius 3 is 2.36 bits per heavy atom. The van der Waals surface area contributed by atoms with E-state index in [2.05, 4.69) is 32.9 Å². The van der Waals surface area contributed by atoms with E-state index in [1.165, 1.54) is 11.1 Å². The predicted molar refractivity (Wildman–Crippen MR) is 106 cm³/mol. The summed E-state index contributed by atoms with van der Waals surface area (Å²) in [6.07, 6.45) is 7.20. The number of allylic oxidation sites excluding steroid dienone is 4. The number of methoxy groups -OCH3 is 1. The summed E-state index contributed by atoms with van der Waals surface area (Å²) in [7, 11) is 1.65. The largest absolute Gasteiger partial charge is 0.507 e. The minimum Gasteiger partial charge on any atom is -0.507 e. The van der Waals surface area contributed by atoms with E-state index in [0.717, 1.165) is 35.3 Å². The van der Waals surface area contributed by atoms with E-state index in [1.54, 1.807) is 7.11 Å². The molecule has 132 valence electrons. The average Bonchev–Trinajstić information content (AvgIpc) is 2.60. The first kappa shape index (κ1) is 18.9. The fraction of sp³-hybridized carbons (Fsp3) is 0.304. The van der Waals surface area contributed by atoms with Gasteiger partial charge in [-0.3, -0.25) is 0 Å². The van der Waals surface area contributed by atoms with Crippen LogP contribution in [0.4, 0.5) is 0 Å². The third kappa shape index (κ3) is 5.53. The van der Waals surface area contributed by atoms with Crippen LogP contribution in [-0.2, 0) is 6.42 Å². The van der Waals surface area contributed by atoms with Gasteiger partial charge in [-0.2, -0.15) is 0 Å². The lowest BCUT2D eigenvalue weighted by Crippen LogP contribution is -1.94. The van der Waals surface area contributed by atoms with Crippen LogP contribution in [-0.4, -0.2) is 12.2 Å². The average molecular weight is 336 g/mol. The molecule has 0 saturated carbocycles. The first-order valence-corrected chi connectivity index (χ1v) is 8.75. The summed E-state index contributed by atoms with van der Waals surface area (Å²) >= 11 is 0. The van der Waals surface area contributed by atoms with E-state index in [4.69, 9.17) is 4.74 Å². The molecular weight excluding hydrogens is 308 g/mol. The summed E-state index contributed by atoms with van der Waals surface area (Å²) in [6.45, 7) is 6.38. The van der Waals surface area contributed by atoms with Gasteiger partial charge in [-0.25, -0.2) is 0 Å². The molecule has 0 saturated heterocycles. The van der Waals surface area contributed by atoms with Gasteiger partial charge in [0.2, 0.25) is 0 Å². The zero-order chi connectivity index (χ0) is 18.2. The van der Waals surface area contributed by atoms with Crippen molar-refractivity contribution >= 4 is 0 Å². The molecule has 2 heteroatoms. The summed E-state index contributed by atoms with van der Waals surface area (Å²) in [5.41, 5.74) is 5.54. The lowest BCUT2D eigenvalue weighted by Gasteiger charge is -2.12. The van der Waals surface area contributed by atoms with Crippen LogP contribution in [0.25, 0.3) is 11.1 Å². The third-order valence-electron chi connectivity index (χ3n) is 4.26. The van der Waals surface area contributed by atoms with Gasteiger partial charge in [-0.05, 0) is 63.3 Å². The van der Waals surface area contributed by atoms with Crippen LogP contribution in [0.2, 0.25) is 0 Å². The Morgan fingerprint density at radius 2 is 1.72 bits per heavy atom. The molecule has 0 radical (unpaired) electrons. The standard InChI is InChI=1S/C23H28O2/c1-17(2)9-8-10-18(3)13-14-21-22(24)15-20(16-23(21)25-4)19-11-6-5-7-12-19/h5-7,9,11-13,15-16,24H,8,10,14H2,1-4H3. The van der Waals surface area contributed by atoms with Gasteiger partial charge < -0.3 is 9.84 Å². The number of aromatic hydroxyl groups is 1. The van der Waals surface area contributed by atoms with Crippen LogP contribution in [0, 0.1) is 0 Å². The second-order valence-electron chi connectivity index (χ2n) is 6.62. The molecule has 0 aliphatic carbocycles. The fourth-order valence-corrected chi connectivity index (χ4v) is 2.78. The Kier molecular flexibility index (Phi) is 6.88. The first-order valence-electron chi connectivity index (χ1n) is 8.75. The Hall–Kier alpha value is -2.48. The first-order chi connectivity index (χ1) is 12.0. The summed E-state index contributed by atoms with van der Waals surface area (Å²) in [4.78, 5) is 0. The smallest absolute Gasteiger partial charge is 0.126 e. The summed E-state index contributed by atoms with van der Waals surface area (Å²) in [5.74, 6) is 1.01. The zero-order valence-electron chi connectivity index (χ0n) is 15.7. The van der Waals surface area contributed by atoms with Crippen molar-refractivity contribution in [2.45, 2.75) is 40.0 Å². The minimum absolute atomic E-state index is 0.284. The number of benzene rings is 2. The van der Waals surface area contributed by atoms with Crippen molar-refractivity contribution in [2.24, 2.45) is 0 Å². The van der Waals surface area contributed by atoms with E-state index in [0.29, 0.717) is 6.42 Å². The van der Waals surface area contributed by atoms with Crippen molar-refractivity contribution in [3.8, 4) is 22.6 Å². The van der Waals surface area contributed by atoms with Crippen LogP contribution in [0.3, 0.4) is 0 Å². The maximum atomic E-state index is 10.5. The summed E-state index contributed by atoms with van der Waals surface area (Å²) in [6, 6.07) is 13.8. The van der Waals surface area contributed by atoms with Crippen LogP contribution in [0.5, 0.6) is 11.5 Å². The maximum absolute atomic E-state index is 10.5. The number of phenols is 1. The van der Waals surface area contributed by atoms with Crippen LogP contribution in [0.15, 0.2) is 65.8 Å². The van der Waals surface area contributed by atoms with Gasteiger partial charge in [-0.15, -0.1) is 0 Å². The highest BCUT2D eigenvalue weighted by Crippen LogP contribution is 2.35. The summed E-state index contributed by atoms with van der Waals surface area (Å²) < 4.78 is 5.53. The Bertz CT molecular complexity index is 751. The van der Waals surface area contributed by atoms with Crippen molar-refractivity contribution in [3.63, 3.8) is 0 Å². The van der Waals surface area contributed by atoms with E-state index >= 15 is 0 Å². The molecule has 2 rings (SSSR count). The molecule has 0 aliphatic rings. The molecule has 0 aliphatic heterocycles. The lowest BCUT2D eigenvalue weighted by atomic mass is 9.99. The lowest BCUT2D eigenvalue weighted by molar-refractivity contribution is 0.401. The second kappa shape index (κ2) is 9.12. The highest BCUT2D eigenvalue weighted by atomic mass is 16.5. The SMILES string of the molecule is COc1cc(-c2ccccc2)cc(O)c1CC=C(C)CCC=C(C)C. The van der Waals surface area contributed by atoms with Gasteiger partial charge >= 0.3 is 0 Å². The van der Waals surface area contributed by atoms with Gasteiger partial charge in [0.25, 0.3) is 0 Å². The van der Waals surface area contributed by atoms with E-state index in [9.17, 15) is 5.11 Å². The Morgan fingerprint density at radius 1 is 1.00 bits per heavy atom. The normalized spacial score (nSPS) is 11.3. The molecule has 0 amide bonds. The fourth-order valence-electron chi connectivity index (χ4n) is 2.78. The molecule has 2 nitrogen and oxygen atoms in total. The molecule has 0 spiro atoms. The van der Waals surface area contributed by atoms with Gasteiger partial charge in [0.05, 0.1) is 7.11 Å². The van der Waals surface area contributed by atoms with Crippen LogP contribution >= 0.6 is 0 Å². The van der Waals surface area contributed by atoms with Crippen molar-refractivity contribution in [3.05, 3.63) is 71.3 Å². The number of hydrogen-bond acceptors (Lipinski definition) is 2. The van der Waals surface area contributed by atoms with Crippen molar-refractivity contribution in [2.75, 3.05) is 7.11 Å². The molecule has 25 heavy (non-hydrogen) atoms. The second-order valence-corrected chi connectivity index (χ2v) is 6.62. The molecule has 0 atom stereocenters. The zero-order valence-corrected chi connectivity index (χ0v) is 15.7. The van der Waals surface area contributed by atoms with Crippen LogP contribution in [0.1, 0.15) is 39.2 Å². The van der Waals surface area contributed by atoms with Crippen molar-refractivity contribution in [1.29, 1.82) is 0 Å². The number of ether oxygens (including phenoxy) is 1. The van der Waals surface area contributed by atoms with E-state index in [1.807, 2.05) is 42.5 Å². The van der Waals surface area contributed by atoms with Gasteiger partial charge in [0, 0.05) is 5.56 Å². The molecule has 0 unspecified atom stereocenters. The monoisotopic (exact) mass is 336 g/mol. The van der Waals surface area contributed by atoms with Gasteiger partial charge in [-0.1, -0.05) is 53.6 Å².